The number of hydrogen-bond donors (Lipinski definition) is 1. The second kappa shape index (κ2) is 9.05. The highest BCUT2D eigenvalue weighted by molar-refractivity contribution is 6.04. The molecule has 6 nitrogen and oxygen atoms in total. The molecule has 2 rings (SSSR count). The maximum absolute atomic E-state index is 12.4. The van der Waals surface area contributed by atoms with E-state index in [0.29, 0.717) is 22.7 Å². The van der Waals surface area contributed by atoms with Gasteiger partial charge in [0.1, 0.15) is 0 Å². The Labute approximate surface area is 147 Å². The Bertz CT molecular complexity index is 730. The number of nitrogens with one attached hydrogen (secondary N) is 1. The van der Waals surface area contributed by atoms with Crippen molar-refractivity contribution in [1.82, 2.24) is 0 Å². The number of ether oxygens (including phenoxy) is 4. The molecule has 0 radical (unpaired) electrons. The van der Waals surface area contributed by atoms with Gasteiger partial charge in [0, 0.05) is 31.5 Å². The van der Waals surface area contributed by atoms with Crippen molar-refractivity contribution >= 4 is 11.6 Å². The summed E-state index contributed by atoms with van der Waals surface area (Å²) in [5, 5.41) is 2.86. The zero-order valence-corrected chi connectivity index (χ0v) is 14.9. The molecular formula is C19H23NO5. The summed E-state index contributed by atoms with van der Waals surface area (Å²) in [5.74, 6) is 0.770. The molecule has 0 saturated heterocycles. The topological polar surface area (TPSA) is 66.0 Å². The maximum atomic E-state index is 12.4. The Morgan fingerprint density at radius 2 is 1.56 bits per heavy atom. The van der Waals surface area contributed by atoms with Crippen molar-refractivity contribution in [2.24, 2.45) is 0 Å². The number of benzene rings is 2. The fourth-order valence-electron chi connectivity index (χ4n) is 2.15. The van der Waals surface area contributed by atoms with Crippen LogP contribution in [0.2, 0.25) is 0 Å². The van der Waals surface area contributed by atoms with Crippen molar-refractivity contribution in [3.05, 3.63) is 53.1 Å². The van der Waals surface area contributed by atoms with Crippen LogP contribution in [0.3, 0.4) is 0 Å². The monoisotopic (exact) mass is 345 g/mol. The average Bonchev–Trinajstić information content (AvgIpc) is 2.61. The SMILES string of the molecule is COCOc1ccc(NC(=O)c2ccc(C)c(C)c2)cc1OCOC. The van der Waals surface area contributed by atoms with E-state index in [1.54, 1.807) is 24.3 Å². The van der Waals surface area contributed by atoms with Gasteiger partial charge in [-0.3, -0.25) is 4.79 Å². The molecule has 0 aromatic heterocycles. The van der Waals surface area contributed by atoms with E-state index in [1.807, 2.05) is 26.0 Å². The number of aryl methyl sites for hydroxylation is 2. The highest BCUT2D eigenvalue weighted by Crippen LogP contribution is 2.31. The average molecular weight is 345 g/mol. The number of anilines is 1. The number of carbonyl (C=O) groups excluding carboxylic acids is 1. The van der Waals surface area contributed by atoms with Crippen LogP contribution in [0.25, 0.3) is 0 Å². The largest absolute Gasteiger partial charge is 0.464 e. The lowest BCUT2D eigenvalue weighted by Gasteiger charge is -2.14. The van der Waals surface area contributed by atoms with Crippen LogP contribution in [-0.4, -0.2) is 33.7 Å². The third-order valence-electron chi connectivity index (χ3n) is 3.64. The maximum Gasteiger partial charge on any atom is 0.255 e. The van der Waals surface area contributed by atoms with Gasteiger partial charge < -0.3 is 24.3 Å². The number of methoxy groups -OCH3 is 2. The Kier molecular flexibility index (Phi) is 6.80. The van der Waals surface area contributed by atoms with Crippen molar-refractivity contribution in [1.29, 1.82) is 0 Å². The first-order chi connectivity index (χ1) is 12.0. The molecule has 0 bridgehead atoms. The van der Waals surface area contributed by atoms with Gasteiger partial charge >= 0.3 is 0 Å². The molecular weight excluding hydrogens is 322 g/mol. The molecule has 2 aromatic rings. The highest BCUT2D eigenvalue weighted by atomic mass is 16.7. The van der Waals surface area contributed by atoms with E-state index in [2.05, 4.69) is 5.32 Å². The lowest BCUT2D eigenvalue weighted by molar-refractivity contribution is 0.0323. The van der Waals surface area contributed by atoms with Gasteiger partial charge in [0.25, 0.3) is 5.91 Å². The lowest BCUT2D eigenvalue weighted by Crippen LogP contribution is -2.12. The molecule has 6 heteroatoms. The standard InChI is InChI=1S/C19H23NO5/c1-13-5-6-15(9-14(13)2)19(21)20-16-7-8-17(24-11-22-3)18(10-16)25-12-23-4/h5-10H,11-12H2,1-4H3,(H,20,21). The van der Waals surface area contributed by atoms with Gasteiger partial charge in [0.2, 0.25) is 0 Å². The summed E-state index contributed by atoms with van der Waals surface area (Å²) in [6, 6.07) is 10.7. The molecule has 134 valence electrons. The van der Waals surface area contributed by atoms with E-state index < -0.39 is 0 Å². The first-order valence-electron chi connectivity index (χ1n) is 7.81. The van der Waals surface area contributed by atoms with Crippen LogP contribution < -0.4 is 14.8 Å². The Hall–Kier alpha value is -2.57. The van der Waals surface area contributed by atoms with Crippen molar-refractivity contribution < 1.29 is 23.7 Å². The molecule has 0 aliphatic heterocycles. The highest BCUT2D eigenvalue weighted by Gasteiger charge is 2.11. The summed E-state index contributed by atoms with van der Waals surface area (Å²) in [7, 11) is 3.06. The number of hydrogen-bond acceptors (Lipinski definition) is 5. The van der Waals surface area contributed by atoms with E-state index in [-0.39, 0.29) is 19.5 Å². The molecule has 0 fully saturated rings. The zero-order chi connectivity index (χ0) is 18.2. The molecule has 25 heavy (non-hydrogen) atoms. The summed E-state index contributed by atoms with van der Waals surface area (Å²) in [4.78, 5) is 12.4. The molecule has 0 aliphatic rings. The molecule has 0 spiro atoms. The summed E-state index contributed by atoms with van der Waals surface area (Å²) in [6.07, 6.45) is 0. The van der Waals surface area contributed by atoms with Crippen LogP contribution in [0.4, 0.5) is 5.69 Å². The van der Waals surface area contributed by atoms with Crippen LogP contribution in [0, 0.1) is 13.8 Å². The van der Waals surface area contributed by atoms with Gasteiger partial charge in [-0.1, -0.05) is 6.07 Å². The van der Waals surface area contributed by atoms with Gasteiger partial charge in [-0.2, -0.15) is 0 Å². The third-order valence-corrected chi connectivity index (χ3v) is 3.64. The van der Waals surface area contributed by atoms with Crippen molar-refractivity contribution in [3.63, 3.8) is 0 Å². The molecule has 0 atom stereocenters. The predicted octanol–water partition coefficient (Wildman–Crippen LogP) is 3.52. The van der Waals surface area contributed by atoms with Gasteiger partial charge in [-0.15, -0.1) is 0 Å². The molecule has 2 aromatic carbocycles. The normalized spacial score (nSPS) is 10.4. The quantitative estimate of drug-likeness (QED) is 0.742. The fraction of sp³-hybridized carbons (Fsp3) is 0.316. The minimum absolute atomic E-state index is 0.0674. The van der Waals surface area contributed by atoms with Crippen LogP contribution >= 0.6 is 0 Å². The summed E-state index contributed by atoms with van der Waals surface area (Å²) in [6.45, 7) is 4.15. The summed E-state index contributed by atoms with van der Waals surface area (Å²) in [5.41, 5.74) is 3.41. The second-order valence-corrected chi connectivity index (χ2v) is 5.52. The zero-order valence-electron chi connectivity index (χ0n) is 14.9. The molecule has 0 saturated carbocycles. The minimum Gasteiger partial charge on any atom is -0.464 e. The van der Waals surface area contributed by atoms with Crippen LogP contribution in [0.1, 0.15) is 21.5 Å². The Balaban J connectivity index is 2.17. The smallest absolute Gasteiger partial charge is 0.255 e. The van der Waals surface area contributed by atoms with Crippen molar-refractivity contribution in [3.8, 4) is 11.5 Å². The third kappa shape index (κ3) is 5.20. The minimum atomic E-state index is -0.189. The molecule has 0 heterocycles. The fourth-order valence-corrected chi connectivity index (χ4v) is 2.15. The molecule has 1 N–H and O–H groups in total. The number of rotatable bonds is 8. The van der Waals surface area contributed by atoms with E-state index in [4.69, 9.17) is 18.9 Å². The van der Waals surface area contributed by atoms with Crippen LogP contribution in [0.15, 0.2) is 36.4 Å². The van der Waals surface area contributed by atoms with Gasteiger partial charge in [-0.25, -0.2) is 0 Å². The van der Waals surface area contributed by atoms with E-state index >= 15 is 0 Å². The number of carbonyl (C=O) groups is 1. The lowest BCUT2D eigenvalue weighted by atomic mass is 10.1. The predicted molar refractivity (Wildman–Crippen MR) is 95.3 cm³/mol. The van der Waals surface area contributed by atoms with E-state index in [9.17, 15) is 4.79 Å². The second-order valence-electron chi connectivity index (χ2n) is 5.52. The molecule has 0 aliphatic carbocycles. The van der Waals surface area contributed by atoms with Crippen LogP contribution in [0.5, 0.6) is 11.5 Å². The van der Waals surface area contributed by atoms with Crippen molar-refractivity contribution in [2.75, 3.05) is 33.1 Å². The Morgan fingerprint density at radius 1 is 0.880 bits per heavy atom. The van der Waals surface area contributed by atoms with Crippen LogP contribution in [-0.2, 0) is 9.47 Å². The van der Waals surface area contributed by atoms with E-state index in [1.165, 1.54) is 14.2 Å². The first kappa shape index (κ1) is 18.8. The summed E-state index contributed by atoms with van der Waals surface area (Å²) < 4.78 is 20.8. The van der Waals surface area contributed by atoms with Gasteiger partial charge in [0.15, 0.2) is 25.1 Å². The number of amides is 1. The Morgan fingerprint density at radius 3 is 2.20 bits per heavy atom. The van der Waals surface area contributed by atoms with E-state index in [0.717, 1.165) is 11.1 Å². The van der Waals surface area contributed by atoms with Gasteiger partial charge in [-0.05, 0) is 49.2 Å². The molecule has 1 amide bonds. The molecule has 0 unspecified atom stereocenters. The summed E-state index contributed by atoms with van der Waals surface area (Å²) >= 11 is 0. The van der Waals surface area contributed by atoms with Crippen molar-refractivity contribution in [2.45, 2.75) is 13.8 Å². The first-order valence-corrected chi connectivity index (χ1v) is 7.81. The van der Waals surface area contributed by atoms with Gasteiger partial charge in [0.05, 0.1) is 0 Å².